The van der Waals surface area contributed by atoms with Crippen LogP contribution in [-0.4, -0.2) is 32.8 Å². The first-order chi connectivity index (χ1) is 8.22. The molecule has 0 bridgehead atoms. The van der Waals surface area contributed by atoms with E-state index in [0.29, 0.717) is 23.1 Å². The predicted octanol–water partition coefficient (Wildman–Crippen LogP) is 3.13. The lowest BCUT2D eigenvalue weighted by atomic mass is 10.2. The van der Waals surface area contributed by atoms with E-state index < -0.39 is 0 Å². The van der Waals surface area contributed by atoms with Crippen molar-refractivity contribution >= 4 is 42.1 Å². The Kier molecular flexibility index (Phi) is 8.50. The fraction of sp³-hybridized carbons (Fsp3) is 0.500. The molecule has 0 saturated carbocycles. The fourth-order valence-electron chi connectivity index (χ4n) is 1.93. The standard InChI is InChI=1S/C12H16ClFN2O.2ClH/c1-2-17-12-8-11(10(14)7-9(12)13)16-5-3-15-4-6-16;;/h7-8,15H,2-6H2,1H3;2*1H. The van der Waals surface area contributed by atoms with E-state index in [2.05, 4.69) is 5.32 Å². The minimum absolute atomic E-state index is 0. The molecule has 2 rings (SSSR count). The first-order valence-corrected chi connectivity index (χ1v) is 6.17. The van der Waals surface area contributed by atoms with Crippen molar-refractivity contribution in [3.63, 3.8) is 0 Å². The molecule has 19 heavy (non-hydrogen) atoms. The van der Waals surface area contributed by atoms with Gasteiger partial charge in [0.25, 0.3) is 0 Å². The van der Waals surface area contributed by atoms with Crippen LogP contribution in [0.5, 0.6) is 5.75 Å². The van der Waals surface area contributed by atoms with E-state index >= 15 is 0 Å². The number of rotatable bonds is 3. The van der Waals surface area contributed by atoms with Crippen LogP contribution in [0.1, 0.15) is 6.92 Å². The van der Waals surface area contributed by atoms with E-state index in [1.807, 2.05) is 11.8 Å². The zero-order chi connectivity index (χ0) is 12.3. The lowest BCUT2D eigenvalue weighted by molar-refractivity contribution is 0.340. The van der Waals surface area contributed by atoms with Crippen molar-refractivity contribution in [1.82, 2.24) is 5.32 Å². The predicted molar refractivity (Wildman–Crippen MR) is 82.2 cm³/mol. The van der Waals surface area contributed by atoms with Gasteiger partial charge in [0.15, 0.2) is 0 Å². The lowest BCUT2D eigenvalue weighted by Crippen LogP contribution is -2.43. The highest BCUT2D eigenvalue weighted by Gasteiger charge is 2.17. The van der Waals surface area contributed by atoms with Gasteiger partial charge in [-0.15, -0.1) is 24.8 Å². The van der Waals surface area contributed by atoms with Gasteiger partial charge in [-0.3, -0.25) is 0 Å². The maximum atomic E-state index is 13.9. The molecule has 1 N–H and O–H groups in total. The molecule has 1 aliphatic rings. The molecular formula is C12H18Cl3FN2O. The van der Waals surface area contributed by atoms with Gasteiger partial charge in [-0.1, -0.05) is 11.6 Å². The molecule has 1 saturated heterocycles. The van der Waals surface area contributed by atoms with Gasteiger partial charge in [0.2, 0.25) is 0 Å². The van der Waals surface area contributed by atoms with E-state index in [1.54, 1.807) is 6.07 Å². The summed E-state index contributed by atoms with van der Waals surface area (Å²) in [6.45, 7) is 5.73. The molecule has 110 valence electrons. The van der Waals surface area contributed by atoms with Gasteiger partial charge in [-0.05, 0) is 13.0 Å². The summed E-state index contributed by atoms with van der Waals surface area (Å²) in [6, 6.07) is 3.01. The minimum Gasteiger partial charge on any atom is -0.492 e. The van der Waals surface area contributed by atoms with E-state index in [4.69, 9.17) is 16.3 Å². The molecule has 0 aromatic heterocycles. The summed E-state index contributed by atoms with van der Waals surface area (Å²) in [6.07, 6.45) is 0. The summed E-state index contributed by atoms with van der Waals surface area (Å²) in [7, 11) is 0. The molecule has 3 nitrogen and oxygen atoms in total. The van der Waals surface area contributed by atoms with Crippen LogP contribution in [0.2, 0.25) is 5.02 Å². The van der Waals surface area contributed by atoms with Crippen LogP contribution in [-0.2, 0) is 0 Å². The smallest absolute Gasteiger partial charge is 0.148 e. The molecule has 0 aliphatic carbocycles. The van der Waals surface area contributed by atoms with E-state index in [1.165, 1.54) is 6.07 Å². The second-order valence-corrected chi connectivity index (χ2v) is 4.31. The highest BCUT2D eigenvalue weighted by molar-refractivity contribution is 6.32. The van der Waals surface area contributed by atoms with Crippen LogP contribution in [0.4, 0.5) is 10.1 Å². The third-order valence-electron chi connectivity index (χ3n) is 2.76. The Morgan fingerprint density at radius 1 is 1.32 bits per heavy atom. The van der Waals surface area contributed by atoms with Crippen LogP contribution in [0.25, 0.3) is 0 Å². The maximum Gasteiger partial charge on any atom is 0.148 e. The molecule has 1 aromatic carbocycles. The van der Waals surface area contributed by atoms with E-state index in [0.717, 1.165) is 26.2 Å². The summed E-state index contributed by atoms with van der Waals surface area (Å²) in [4.78, 5) is 2.00. The molecule has 0 spiro atoms. The number of halogens is 4. The maximum absolute atomic E-state index is 13.9. The molecule has 1 fully saturated rings. The summed E-state index contributed by atoms with van der Waals surface area (Å²) in [5, 5.41) is 3.56. The van der Waals surface area contributed by atoms with Crippen LogP contribution in [0.15, 0.2) is 12.1 Å². The quantitative estimate of drug-likeness (QED) is 0.921. The second-order valence-electron chi connectivity index (χ2n) is 3.90. The van der Waals surface area contributed by atoms with Crippen molar-refractivity contribution in [3.8, 4) is 5.75 Å². The number of ether oxygens (including phenoxy) is 1. The van der Waals surface area contributed by atoms with Crippen molar-refractivity contribution in [2.45, 2.75) is 6.92 Å². The number of anilines is 1. The third-order valence-corrected chi connectivity index (χ3v) is 3.05. The fourth-order valence-corrected chi connectivity index (χ4v) is 2.14. The molecule has 1 heterocycles. The van der Waals surface area contributed by atoms with Crippen molar-refractivity contribution in [2.24, 2.45) is 0 Å². The van der Waals surface area contributed by atoms with Crippen LogP contribution < -0.4 is 15.0 Å². The van der Waals surface area contributed by atoms with Gasteiger partial charge in [-0.25, -0.2) is 4.39 Å². The summed E-state index contributed by atoms with van der Waals surface area (Å²) in [5.74, 6) is 0.254. The minimum atomic E-state index is -0.291. The Morgan fingerprint density at radius 3 is 2.53 bits per heavy atom. The van der Waals surface area contributed by atoms with Gasteiger partial charge in [0.1, 0.15) is 11.6 Å². The lowest BCUT2D eigenvalue weighted by Gasteiger charge is -2.30. The number of hydrogen-bond acceptors (Lipinski definition) is 3. The van der Waals surface area contributed by atoms with Crippen molar-refractivity contribution in [3.05, 3.63) is 23.0 Å². The van der Waals surface area contributed by atoms with E-state index in [-0.39, 0.29) is 30.6 Å². The SMILES string of the molecule is CCOc1cc(N2CCNCC2)c(F)cc1Cl.Cl.Cl. The van der Waals surface area contributed by atoms with Crippen molar-refractivity contribution in [2.75, 3.05) is 37.7 Å². The first kappa shape index (κ1) is 18.6. The Labute approximate surface area is 130 Å². The topological polar surface area (TPSA) is 24.5 Å². The number of nitrogens with one attached hydrogen (secondary N) is 1. The van der Waals surface area contributed by atoms with Gasteiger partial charge in [-0.2, -0.15) is 0 Å². The Morgan fingerprint density at radius 2 is 1.95 bits per heavy atom. The average Bonchev–Trinajstić information content (AvgIpc) is 2.34. The highest BCUT2D eigenvalue weighted by Crippen LogP contribution is 2.32. The monoisotopic (exact) mass is 330 g/mol. The summed E-state index contributed by atoms with van der Waals surface area (Å²) in [5.41, 5.74) is 0.569. The van der Waals surface area contributed by atoms with Gasteiger partial charge in [0, 0.05) is 32.2 Å². The zero-order valence-corrected chi connectivity index (χ0v) is 13.0. The largest absolute Gasteiger partial charge is 0.492 e. The molecule has 0 unspecified atom stereocenters. The summed E-state index contributed by atoms with van der Waals surface area (Å²) < 4.78 is 19.2. The molecule has 0 amide bonds. The number of piperazine rings is 1. The second kappa shape index (κ2) is 8.69. The molecule has 1 aromatic rings. The van der Waals surface area contributed by atoms with Crippen LogP contribution in [0.3, 0.4) is 0 Å². The van der Waals surface area contributed by atoms with E-state index in [9.17, 15) is 4.39 Å². The van der Waals surface area contributed by atoms with Gasteiger partial charge in [0.05, 0.1) is 17.3 Å². The number of hydrogen-bond donors (Lipinski definition) is 1. The van der Waals surface area contributed by atoms with Gasteiger partial charge >= 0.3 is 0 Å². The number of benzene rings is 1. The highest BCUT2D eigenvalue weighted by atomic mass is 35.5. The Hall–Kier alpha value is -0.420. The zero-order valence-electron chi connectivity index (χ0n) is 10.6. The number of nitrogens with zero attached hydrogens (tertiary/aromatic N) is 1. The summed E-state index contributed by atoms with van der Waals surface area (Å²) >= 11 is 5.92. The average molecular weight is 332 g/mol. The van der Waals surface area contributed by atoms with Gasteiger partial charge < -0.3 is 15.0 Å². The first-order valence-electron chi connectivity index (χ1n) is 5.80. The van der Waals surface area contributed by atoms with Crippen molar-refractivity contribution in [1.29, 1.82) is 0 Å². The third kappa shape index (κ3) is 4.56. The Balaban J connectivity index is 0.00000162. The normalized spacial score (nSPS) is 14.4. The molecule has 1 aliphatic heterocycles. The van der Waals surface area contributed by atoms with Crippen molar-refractivity contribution < 1.29 is 9.13 Å². The van der Waals surface area contributed by atoms with Crippen LogP contribution in [0, 0.1) is 5.82 Å². The molecule has 0 radical (unpaired) electrons. The molecular weight excluding hydrogens is 314 g/mol. The molecule has 0 atom stereocenters. The Bertz CT molecular complexity index is 401. The molecule has 7 heteroatoms. The van der Waals surface area contributed by atoms with Crippen LogP contribution >= 0.6 is 36.4 Å².